The highest BCUT2D eigenvalue weighted by Gasteiger charge is 2.45. The van der Waals surface area contributed by atoms with Crippen molar-refractivity contribution in [1.29, 1.82) is 0 Å². The standard InChI is InChI=1S/C36H47FN6O7S/c1-36(2,3)50-35(47)40-30(21-37)23-11-13-24(14-12-23)34(46)43-18-17-27(22-9-7-6-8-10-22)31(43)33(45)38-26-15-16-28-25(19-26)20-29(39-28)32(44)41-51(48,49)42(4)5/h6-10,15-16,19-20,23-24,27,30-31,39H,11-14,17-18,21H2,1-5H3,(H,38,45)(H,40,47)(H,41,44)/t23-,24-,27-,30-,31+/m1/s1. The number of hydrogen-bond donors (Lipinski definition) is 4. The van der Waals surface area contributed by atoms with Crippen LogP contribution in [0.2, 0.25) is 0 Å². The zero-order valence-electron chi connectivity index (χ0n) is 29.6. The number of carbonyl (C=O) groups is 4. The van der Waals surface area contributed by atoms with Crippen LogP contribution in [0.25, 0.3) is 10.9 Å². The first kappa shape index (κ1) is 37.7. The van der Waals surface area contributed by atoms with E-state index in [2.05, 4.69) is 15.6 Å². The molecule has 51 heavy (non-hydrogen) atoms. The molecule has 2 aromatic carbocycles. The third kappa shape index (κ3) is 9.06. The number of rotatable bonds is 10. The maximum absolute atomic E-state index is 14.1. The quantitative estimate of drug-likeness (QED) is 0.235. The Labute approximate surface area is 297 Å². The monoisotopic (exact) mass is 726 g/mol. The summed E-state index contributed by atoms with van der Waals surface area (Å²) in [5.74, 6) is -2.03. The molecule has 1 saturated heterocycles. The average molecular weight is 727 g/mol. The smallest absolute Gasteiger partial charge is 0.407 e. The van der Waals surface area contributed by atoms with Gasteiger partial charge in [-0.05, 0) is 88.6 Å². The molecule has 0 spiro atoms. The molecule has 2 fully saturated rings. The molecule has 1 aromatic heterocycles. The third-order valence-electron chi connectivity index (χ3n) is 9.57. The van der Waals surface area contributed by atoms with Gasteiger partial charge in [0.25, 0.3) is 5.91 Å². The Morgan fingerprint density at radius 3 is 2.31 bits per heavy atom. The first-order valence-electron chi connectivity index (χ1n) is 17.2. The second kappa shape index (κ2) is 15.4. The molecule has 0 unspecified atom stereocenters. The van der Waals surface area contributed by atoms with Gasteiger partial charge in [0.2, 0.25) is 11.8 Å². The summed E-state index contributed by atoms with van der Waals surface area (Å²) in [6, 6.07) is 14.6. The molecule has 1 aliphatic carbocycles. The minimum atomic E-state index is -3.99. The molecular weight excluding hydrogens is 679 g/mol. The number of likely N-dealkylation sites (tertiary alicyclic amines) is 1. The summed E-state index contributed by atoms with van der Waals surface area (Å²) in [5, 5.41) is 6.21. The van der Waals surface area contributed by atoms with Gasteiger partial charge in [0, 0.05) is 49.1 Å². The molecule has 15 heteroatoms. The fourth-order valence-electron chi connectivity index (χ4n) is 6.97. The molecule has 0 bridgehead atoms. The molecule has 5 rings (SSSR count). The van der Waals surface area contributed by atoms with Crippen LogP contribution in [0.3, 0.4) is 0 Å². The van der Waals surface area contributed by atoms with E-state index in [0.717, 1.165) is 9.87 Å². The van der Waals surface area contributed by atoms with Crippen molar-refractivity contribution in [2.45, 2.75) is 76.5 Å². The fourth-order valence-corrected chi connectivity index (χ4v) is 7.50. The number of amides is 4. The van der Waals surface area contributed by atoms with Crippen molar-refractivity contribution in [3.8, 4) is 0 Å². The number of carbonyl (C=O) groups excluding carboxylic acids is 4. The van der Waals surface area contributed by atoms with Gasteiger partial charge in [0.15, 0.2) is 0 Å². The Hall–Kier alpha value is -4.50. The van der Waals surface area contributed by atoms with E-state index in [4.69, 9.17) is 4.74 Å². The molecule has 0 radical (unpaired) electrons. The molecule has 276 valence electrons. The predicted molar refractivity (Wildman–Crippen MR) is 191 cm³/mol. The van der Waals surface area contributed by atoms with Gasteiger partial charge < -0.3 is 25.3 Å². The lowest BCUT2D eigenvalue weighted by molar-refractivity contribution is -0.141. The Morgan fingerprint density at radius 2 is 1.69 bits per heavy atom. The molecule has 1 saturated carbocycles. The zero-order chi connectivity index (χ0) is 37.1. The minimum absolute atomic E-state index is 0.0313. The lowest BCUT2D eigenvalue weighted by atomic mass is 9.78. The second-order valence-electron chi connectivity index (χ2n) is 14.5. The molecule has 2 heterocycles. The van der Waals surface area contributed by atoms with Crippen molar-refractivity contribution in [2.24, 2.45) is 11.8 Å². The van der Waals surface area contributed by atoms with Crippen molar-refractivity contribution in [3.05, 3.63) is 65.9 Å². The summed E-state index contributed by atoms with van der Waals surface area (Å²) < 4.78 is 46.5. The number of fused-ring (bicyclic) bond motifs is 1. The van der Waals surface area contributed by atoms with Crippen molar-refractivity contribution >= 4 is 50.6 Å². The number of H-pyrrole nitrogens is 1. The Morgan fingerprint density at radius 1 is 1.00 bits per heavy atom. The number of anilines is 1. The van der Waals surface area contributed by atoms with Crippen LogP contribution in [0, 0.1) is 11.8 Å². The van der Waals surface area contributed by atoms with Crippen LogP contribution in [0.5, 0.6) is 0 Å². The number of ether oxygens (including phenoxy) is 1. The van der Waals surface area contributed by atoms with Gasteiger partial charge in [-0.25, -0.2) is 13.9 Å². The minimum Gasteiger partial charge on any atom is -0.444 e. The Balaban J connectivity index is 1.29. The number of nitrogens with zero attached hydrogens (tertiary/aromatic N) is 2. The molecule has 4 N–H and O–H groups in total. The summed E-state index contributed by atoms with van der Waals surface area (Å²) in [5.41, 5.74) is 1.28. The lowest BCUT2D eigenvalue weighted by Gasteiger charge is -2.36. The molecular formula is C36H47FN6O7S. The van der Waals surface area contributed by atoms with Crippen LogP contribution in [-0.2, 0) is 24.5 Å². The number of nitrogens with one attached hydrogen (secondary N) is 4. The summed E-state index contributed by atoms with van der Waals surface area (Å²) in [6.07, 6.45) is 2.03. The van der Waals surface area contributed by atoms with Crippen LogP contribution in [0.15, 0.2) is 54.6 Å². The van der Waals surface area contributed by atoms with Gasteiger partial charge in [0.1, 0.15) is 24.0 Å². The first-order valence-corrected chi connectivity index (χ1v) is 18.6. The van der Waals surface area contributed by atoms with E-state index in [1.165, 1.54) is 20.2 Å². The summed E-state index contributed by atoms with van der Waals surface area (Å²) in [4.78, 5) is 57.7. The van der Waals surface area contributed by atoms with Crippen LogP contribution >= 0.6 is 0 Å². The van der Waals surface area contributed by atoms with Crippen molar-refractivity contribution in [1.82, 2.24) is 24.2 Å². The van der Waals surface area contributed by atoms with Crippen molar-refractivity contribution < 1.29 is 36.7 Å². The SMILES string of the molecule is CN(C)S(=O)(=O)NC(=O)c1cc2cc(NC(=O)[C@@H]3[C@@H](c4ccccc4)CCN3C(=O)[C@H]3CC[C@H]([C@@H](CF)NC(=O)OC(C)(C)C)CC3)ccc2[nH]1. The second-order valence-corrected chi connectivity index (χ2v) is 16.4. The van der Waals surface area contributed by atoms with E-state index in [1.807, 2.05) is 35.1 Å². The fraction of sp³-hybridized carbons (Fsp3) is 0.500. The van der Waals surface area contributed by atoms with Crippen LogP contribution in [0.4, 0.5) is 14.9 Å². The number of benzene rings is 2. The molecule has 3 aromatic rings. The summed E-state index contributed by atoms with van der Waals surface area (Å²) in [6.45, 7) is 4.88. The van der Waals surface area contributed by atoms with E-state index in [0.29, 0.717) is 55.2 Å². The van der Waals surface area contributed by atoms with Gasteiger partial charge in [-0.2, -0.15) is 12.7 Å². The number of halogens is 1. The van der Waals surface area contributed by atoms with Gasteiger partial charge in [-0.1, -0.05) is 30.3 Å². The number of aromatic amines is 1. The van der Waals surface area contributed by atoms with Crippen molar-refractivity contribution in [3.63, 3.8) is 0 Å². The molecule has 2 aliphatic rings. The number of aromatic nitrogens is 1. The Bertz CT molecular complexity index is 1850. The maximum Gasteiger partial charge on any atom is 0.407 e. The van der Waals surface area contributed by atoms with Crippen LogP contribution in [-0.4, -0.2) is 91.4 Å². The van der Waals surface area contributed by atoms with Crippen LogP contribution in [0.1, 0.15) is 74.8 Å². The van der Waals surface area contributed by atoms with E-state index in [9.17, 15) is 32.0 Å². The first-order chi connectivity index (χ1) is 24.1. The maximum atomic E-state index is 14.1. The molecule has 3 atom stereocenters. The summed E-state index contributed by atoms with van der Waals surface area (Å²) in [7, 11) is -1.38. The highest BCUT2D eigenvalue weighted by atomic mass is 32.2. The van der Waals surface area contributed by atoms with E-state index < -0.39 is 46.6 Å². The molecule has 1 aliphatic heterocycles. The Kier molecular flexibility index (Phi) is 11.4. The third-order valence-corrected chi connectivity index (χ3v) is 11.0. The highest BCUT2D eigenvalue weighted by molar-refractivity contribution is 7.87. The summed E-state index contributed by atoms with van der Waals surface area (Å²) >= 11 is 0. The normalized spacial score (nSPS) is 21.7. The van der Waals surface area contributed by atoms with E-state index in [1.54, 1.807) is 43.9 Å². The number of alkyl carbamates (subject to hydrolysis) is 1. The topological polar surface area (TPSA) is 170 Å². The zero-order valence-corrected chi connectivity index (χ0v) is 30.4. The van der Waals surface area contributed by atoms with Crippen LogP contribution < -0.4 is 15.4 Å². The van der Waals surface area contributed by atoms with Gasteiger partial charge in [-0.3, -0.25) is 14.4 Å². The van der Waals surface area contributed by atoms with E-state index in [-0.39, 0.29) is 35.3 Å². The highest BCUT2D eigenvalue weighted by Crippen LogP contribution is 2.39. The van der Waals surface area contributed by atoms with E-state index >= 15 is 0 Å². The van der Waals surface area contributed by atoms with Gasteiger partial charge in [0.05, 0.1) is 6.04 Å². The van der Waals surface area contributed by atoms with Gasteiger partial charge >= 0.3 is 16.3 Å². The van der Waals surface area contributed by atoms with Crippen molar-refractivity contribution in [2.75, 3.05) is 32.6 Å². The predicted octanol–water partition coefficient (Wildman–Crippen LogP) is 4.70. The lowest BCUT2D eigenvalue weighted by Crippen LogP contribution is -2.49. The average Bonchev–Trinajstić information content (AvgIpc) is 3.71. The molecule has 4 amide bonds. The number of hydrogen-bond acceptors (Lipinski definition) is 7. The largest absolute Gasteiger partial charge is 0.444 e. The molecule has 13 nitrogen and oxygen atoms in total. The number of alkyl halides is 1. The van der Waals surface area contributed by atoms with Gasteiger partial charge in [-0.15, -0.1) is 0 Å².